The van der Waals surface area contributed by atoms with Crippen molar-refractivity contribution in [2.75, 3.05) is 27.4 Å². The van der Waals surface area contributed by atoms with Gasteiger partial charge >= 0.3 is 0 Å². The van der Waals surface area contributed by atoms with Crippen LogP contribution < -0.4 is 0 Å². The van der Waals surface area contributed by atoms with E-state index < -0.39 is 0 Å². The van der Waals surface area contributed by atoms with Crippen LogP contribution in [-0.2, 0) is 9.47 Å². The molecule has 0 aromatic carbocycles. The Balaban J connectivity index is 1.77. The lowest BCUT2D eigenvalue weighted by atomic mass is 9.73. The second-order valence-electron chi connectivity index (χ2n) is 6.41. The van der Waals surface area contributed by atoms with Crippen molar-refractivity contribution in [2.24, 2.45) is 34.5 Å². The van der Waals surface area contributed by atoms with Gasteiger partial charge in [-0.15, -0.1) is 0 Å². The quantitative estimate of drug-likeness (QED) is 0.676. The summed E-state index contributed by atoms with van der Waals surface area (Å²) in [6.07, 6.45) is 0. The molecule has 6 unspecified atom stereocenters. The molecule has 2 nitrogen and oxygen atoms in total. The maximum absolute atomic E-state index is 5.51. The summed E-state index contributed by atoms with van der Waals surface area (Å²) in [6.45, 7) is 6.47. The third kappa shape index (κ3) is 0.595. The van der Waals surface area contributed by atoms with E-state index in [1.54, 1.807) is 11.1 Å². The molecule has 0 amide bonds. The first-order chi connectivity index (χ1) is 7.68. The lowest BCUT2D eigenvalue weighted by Crippen LogP contribution is -2.38. The highest BCUT2D eigenvalue weighted by molar-refractivity contribution is 5.62. The minimum absolute atomic E-state index is 0.500. The second kappa shape index (κ2) is 2.41. The summed E-state index contributed by atoms with van der Waals surface area (Å²) in [5, 5.41) is 0. The topological polar surface area (TPSA) is 18.5 Å². The lowest BCUT2D eigenvalue weighted by Gasteiger charge is -2.35. The van der Waals surface area contributed by atoms with Crippen LogP contribution in [0.1, 0.15) is 13.8 Å². The van der Waals surface area contributed by atoms with E-state index >= 15 is 0 Å². The summed E-state index contributed by atoms with van der Waals surface area (Å²) in [6, 6.07) is 0. The first-order valence-corrected chi connectivity index (χ1v) is 6.33. The normalized spacial score (nSPS) is 58.1. The van der Waals surface area contributed by atoms with E-state index in [1.807, 2.05) is 14.2 Å². The maximum atomic E-state index is 5.51. The van der Waals surface area contributed by atoms with Gasteiger partial charge in [-0.1, -0.05) is 11.1 Å². The number of allylic oxidation sites excluding steroid dienone is 2. The van der Waals surface area contributed by atoms with E-state index in [1.165, 1.54) is 0 Å². The molecule has 0 N–H and O–H groups in total. The van der Waals surface area contributed by atoms with Crippen LogP contribution >= 0.6 is 0 Å². The predicted octanol–water partition coefficient (Wildman–Crippen LogP) is 2.11. The first-order valence-electron chi connectivity index (χ1n) is 6.33. The Morgan fingerprint density at radius 3 is 1.75 bits per heavy atom. The molecule has 0 saturated heterocycles. The Morgan fingerprint density at radius 1 is 1.00 bits per heavy atom. The van der Waals surface area contributed by atoms with E-state index in [0.29, 0.717) is 10.8 Å². The molecule has 5 aliphatic rings. The fourth-order valence-corrected chi connectivity index (χ4v) is 5.97. The summed E-state index contributed by atoms with van der Waals surface area (Å²) in [7, 11) is 3.69. The van der Waals surface area contributed by atoms with Crippen molar-refractivity contribution in [3.63, 3.8) is 0 Å². The summed E-state index contributed by atoms with van der Waals surface area (Å²) in [4.78, 5) is 0. The molecule has 2 heteroatoms. The number of hydrogen-bond acceptors (Lipinski definition) is 2. The Kier molecular flexibility index (Phi) is 1.46. The monoisotopic (exact) mass is 220 g/mol. The SMILES string of the molecule is COCC12C3C(=C(C)C)C4C(C31)C42COC. The smallest absolute Gasteiger partial charge is 0.0534 e. The zero-order valence-corrected chi connectivity index (χ0v) is 10.5. The Labute approximate surface area is 97.0 Å². The number of ether oxygens (including phenoxy) is 2. The Morgan fingerprint density at radius 2 is 1.44 bits per heavy atom. The molecular weight excluding hydrogens is 200 g/mol. The van der Waals surface area contributed by atoms with Crippen molar-refractivity contribution >= 4 is 0 Å². The molecule has 0 aliphatic heterocycles. The third-order valence-electron chi connectivity index (χ3n) is 6.07. The summed E-state index contributed by atoms with van der Waals surface area (Å²) >= 11 is 0. The fourth-order valence-electron chi connectivity index (χ4n) is 5.97. The van der Waals surface area contributed by atoms with Crippen molar-refractivity contribution in [2.45, 2.75) is 13.8 Å². The molecule has 5 aliphatic carbocycles. The Hall–Kier alpha value is -0.340. The van der Waals surface area contributed by atoms with Crippen molar-refractivity contribution in [3.8, 4) is 0 Å². The van der Waals surface area contributed by atoms with Gasteiger partial charge in [-0.3, -0.25) is 0 Å². The van der Waals surface area contributed by atoms with Gasteiger partial charge in [0.25, 0.3) is 0 Å². The highest BCUT2D eigenvalue weighted by Gasteiger charge is 3.05. The molecule has 88 valence electrons. The third-order valence-corrected chi connectivity index (χ3v) is 6.07. The molecule has 0 aromatic heterocycles. The van der Waals surface area contributed by atoms with Crippen LogP contribution in [-0.4, -0.2) is 27.4 Å². The number of methoxy groups -OCH3 is 2. The van der Waals surface area contributed by atoms with Crippen LogP contribution in [0, 0.1) is 34.5 Å². The van der Waals surface area contributed by atoms with Gasteiger partial charge in [0.2, 0.25) is 0 Å². The van der Waals surface area contributed by atoms with E-state index in [9.17, 15) is 0 Å². The first kappa shape index (κ1) is 9.67. The van der Waals surface area contributed by atoms with Crippen LogP contribution in [0.2, 0.25) is 0 Å². The molecule has 5 saturated carbocycles. The van der Waals surface area contributed by atoms with Gasteiger partial charge in [0.15, 0.2) is 0 Å². The van der Waals surface area contributed by atoms with Gasteiger partial charge < -0.3 is 9.47 Å². The van der Waals surface area contributed by atoms with Crippen LogP contribution in [0.15, 0.2) is 11.1 Å². The summed E-state index contributed by atoms with van der Waals surface area (Å²) in [5.41, 5.74) is 4.35. The van der Waals surface area contributed by atoms with Crippen molar-refractivity contribution in [3.05, 3.63) is 11.1 Å². The average Bonchev–Trinajstić information content (AvgIpc) is 2.89. The van der Waals surface area contributed by atoms with Gasteiger partial charge in [-0.05, 0) is 37.5 Å². The largest absolute Gasteiger partial charge is 0.384 e. The Bertz CT molecular complexity index is 377. The van der Waals surface area contributed by atoms with Crippen molar-refractivity contribution in [1.82, 2.24) is 0 Å². The highest BCUT2D eigenvalue weighted by atomic mass is 16.5. The van der Waals surface area contributed by atoms with Gasteiger partial charge in [0.05, 0.1) is 13.2 Å². The maximum Gasteiger partial charge on any atom is 0.0534 e. The molecule has 0 aromatic rings. The number of hydrogen-bond donors (Lipinski definition) is 0. The fraction of sp³-hybridized carbons (Fsp3) is 0.857. The second-order valence-corrected chi connectivity index (χ2v) is 6.41. The molecule has 6 atom stereocenters. The average molecular weight is 220 g/mol. The van der Waals surface area contributed by atoms with Crippen LogP contribution in [0.25, 0.3) is 0 Å². The van der Waals surface area contributed by atoms with E-state index in [0.717, 1.165) is 36.9 Å². The van der Waals surface area contributed by atoms with Gasteiger partial charge in [0, 0.05) is 25.0 Å². The molecule has 16 heavy (non-hydrogen) atoms. The zero-order chi connectivity index (χ0) is 11.3. The molecule has 2 bridgehead atoms. The lowest BCUT2D eigenvalue weighted by molar-refractivity contribution is -0.0153. The van der Waals surface area contributed by atoms with Crippen LogP contribution in [0.5, 0.6) is 0 Å². The van der Waals surface area contributed by atoms with Crippen molar-refractivity contribution in [1.29, 1.82) is 0 Å². The number of rotatable bonds is 4. The minimum Gasteiger partial charge on any atom is -0.384 e. The molecule has 0 heterocycles. The van der Waals surface area contributed by atoms with Gasteiger partial charge in [-0.2, -0.15) is 0 Å². The molecule has 5 fully saturated rings. The molecule has 0 spiro atoms. The predicted molar refractivity (Wildman–Crippen MR) is 61.0 cm³/mol. The summed E-state index contributed by atoms with van der Waals surface area (Å²) in [5.74, 6) is 3.64. The van der Waals surface area contributed by atoms with Crippen LogP contribution in [0.4, 0.5) is 0 Å². The van der Waals surface area contributed by atoms with Gasteiger partial charge in [0.1, 0.15) is 0 Å². The summed E-state index contributed by atoms with van der Waals surface area (Å²) < 4.78 is 11.0. The molecular formula is C14H20O2. The van der Waals surface area contributed by atoms with Gasteiger partial charge in [-0.25, -0.2) is 0 Å². The van der Waals surface area contributed by atoms with E-state index in [-0.39, 0.29) is 0 Å². The molecule has 0 radical (unpaired) electrons. The molecule has 5 rings (SSSR count). The highest BCUT2D eigenvalue weighted by Crippen LogP contribution is 3.06. The standard InChI is InChI=1S/C14H20O2/c1-7(2)8-9-11-12-10(8)14(12,6-16-4)13(9,11)5-15-3/h9-12H,5-6H2,1-4H3. The van der Waals surface area contributed by atoms with E-state index in [2.05, 4.69) is 13.8 Å². The van der Waals surface area contributed by atoms with Crippen molar-refractivity contribution < 1.29 is 9.47 Å². The zero-order valence-electron chi connectivity index (χ0n) is 10.5. The van der Waals surface area contributed by atoms with Crippen LogP contribution in [0.3, 0.4) is 0 Å². The minimum atomic E-state index is 0.500. The van der Waals surface area contributed by atoms with E-state index in [4.69, 9.17) is 9.47 Å².